The Morgan fingerprint density at radius 2 is 2.08 bits per heavy atom. The van der Waals surface area contributed by atoms with E-state index in [1.807, 2.05) is 23.1 Å². The van der Waals surface area contributed by atoms with Crippen molar-refractivity contribution >= 4 is 22.7 Å². The number of rotatable bonds is 5. The van der Waals surface area contributed by atoms with Crippen LogP contribution in [0.25, 0.3) is 10.9 Å². The molecule has 0 aliphatic carbocycles. The van der Waals surface area contributed by atoms with Crippen molar-refractivity contribution in [2.45, 2.75) is 12.7 Å². The number of pyridine rings is 1. The van der Waals surface area contributed by atoms with E-state index >= 15 is 0 Å². The summed E-state index contributed by atoms with van der Waals surface area (Å²) in [6.07, 6.45) is 0.616. The monoisotopic (exact) mass is 357 g/mol. The second-order valence-corrected chi connectivity index (χ2v) is 6.10. The molecular weight excluding hydrogens is 340 g/mol. The first-order chi connectivity index (χ1) is 12.6. The molecule has 1 fully saturated rings. The van der Waals surface area contributed by atoms with Crippen LogP contribution in [-0.4, -0.2) is 41.3 Å². The predicted molar refractivity (Wildman–Crippen MR) is 94.7 cm³/mol. The van der Waals surface area contributed by atoms with Gasteiger partial charge in [0.15, 0.2) is 0 Å². The third kappa shape index (κ3) is 3.22. The number of fused-ring (bicyclic) bond motifs is 1. The Hall–Kier alpha value is -3.03. The molecule has 1 N–H and O–H groups in total. The molecule has 1 aromatic carbocycles. The summed E-state index contributed by atoms with van der Waals surface area (Å²) in [5.41, 5.74) is 1.54. The Morgan fingerprint density at radius 1 is 1.23 bits per heavy atom. The summed E-state index contributed by atoms with van der Waals surface area (Å²) >= 11 is 0. The molecule has 6 nitrogen and oxygen atoms in total. The van der Waals surface area contributed by atoms with Gasteiger partial charge < -0.3 is 15.0 Å². The molecule has 0 atom stereocenters. The maximum Gasteiger partial charge on any atom is 0.225 e. The second kappa shape index (κ2) is 6.70. The highest BCUT2D eigenvalue weighted by Crippen LogP contribution is 2.31. The number of nitrogens with zero attached hydrogens (tertiary/aromatic N) is 4. The van der Waals surface area contributed by atoms with E-state index in [1.165, 1.54) is 12.3 Å². The number of anilines is 2. The zero-order valence-electron chi connectivity index (χ0n) is 14.1. The Balaban J connectivity index is 1.65. The Bertz CT molecular complexity index is 929. The summed E-state index contributed by atoms with van der Waals surface area (Å²) in [4.78, 5) is 14.6. The quantitative estimate of drug-likeness (QED) is 0.709. The standard InChI is InChI=1S/C18H17F2N5O/c1-26-13-3-4-15-14(6-13)17(25-9-12(19)10-25)24-18(23-15)22-8-11-2-5-16(20)21-7-11/h2-7,12H,8-10H2,1H3,(H,22,23,24). The van der Waals surface area contributed by atoms with Gasteiger partial charge in [-0.1, -0.05) is 6.07 Å². The fourth-order valence-electron chi connectivity index (χ4n) is 2.83. The summed E-state index contributed by atoms with van der Waals surface area (Å²) in [5.74, 6) is 1.26. The topological polar surface area (TPSA) is 63.2 Å². The third-order valence-corrected chi connectivity index (χ3v) is 4.26. The smallest absolute Gasteiger partial charge is 0.225 e. The fraction of sp³-hybridized carbons (Fsp3) is 0.278. The maximum atomic E-state index is 13.3. The predicted octanol–water partition coefficient (Wildman–Crippen LogP) is 2.94. The van der Waals surface area contributed by atoms with E-state index in [0.717, 1.165) is 16.5 Å². The molecule has 1 aliphatic heterocycles. The molecule has 1 aliphatic rings. The lowest BCUT2D eigenvalue weighted by Crippen LogP contribution is -2.49. The summed E-state index contributed by atoms with van der Waals surface area (Å²) in [6.45, 7) is 1.02. The summed E-state index contributed by atoms with van der Waals surface area (Å²) in [6, 6.07) is 8.46. The van der Waals surface area contributed by atoms with Gasteiger partial charge in [-0.3, -0.25) is 0 Å². The first-order valence-electron chi connectivity index (χ1n) is 8.21. The van der Waals surface area contributed by atoms with E-state index in [4.69, 9.17) is 4.74 Å². The number of ether oxygens (including phenoxy) is 1. The number of aromatic nitrogens is 3. The van der Waals surface area contributed by atoms with E-state index in [-0.39, 0.29) is 0 Å². The molecular formula is C18H17F2N5O. The van der Waals surface area contributed by atoms with E-state index in [2.05, 4.69) is 20.3 Å². The first kappa shape index (κ1) is 16.4. The van der Waals surface area contributed by atoms with Gasteiger partial charge in [0.25, 0.3) is 0 Å². The molecule has 0 spiro atoms. The van der Waals surface area contributed by atoms with Crippen LogP contribution in [0, 0.1) is 5.95 Å². The maximum absolute atomic E-state index is 13.3. The van der Waals surface area contributed by atoms with Gasteiger partial charge >= 0.3 is 0 Å². The molecule has 0 bridgehead atoms. The number of nitrogens with one attached hydrogen (secondary N) is 1. The van der Waals surface area contributed by atoms with Crippen LogP contribution in [0.15, 0.2) is 36.5 Å². The lowest BCUT2D eigenvalue weighted by molar-refractivity contribution is 0.274. The molecule has 4 rings (SSSR count). The minimum Gasteiger partial charge on any atom is -0.497 e. The number of halogens is 2. The Kier molecular flexibility index (Phi) is 4.24. The van der Waals surface area contributed by atoms with Gasteiger partial charge in [0.2, 0.25) is 11.9 Å². The van der Waals surface area contributed by atoms with Crippen LogP contribution in [0.2, 0.25) is 0 Å². The normalized spacial score (nSPS) is 14.3. The minimum absolute atomic E-state index is 0.310. The van der Waals surface area contributed by atoms with Crippen LogP contribution < -0.4 is 15.0 Å². The number of alkyl halides is 1. The largest absolute Gasteiger partial charge is 0.497 e. The van der Waals surface area contributed by atoms with Gasteiger partial charge in [-0.05, 0) is 29.8 Å². The third-order valence-electron chi connectivity index (χ3n) is 4.26. The highest BCUT2D eigenvalue weighted by molar-refractivity contribution is 5.92. The summed E-state index contributed by atoms with van der Waals surface area (Å²) in [7, 11) is 1.59. The Labute approximate surface area is 148 Å². The van der Waals surface area contributed by atoms with Gasteiger partial charge in [0.05, 0.1) is 25.7 Å². The van der Waals surface area contributed by atoms with Crippen molar-refractivity contribution in [2.24, 2.45) is 0 Å². The summed E-state index contributed by atoms with van der Waals surface area (Å²) in [5, 5.41) is 3.93. The lowest BCUT2D eigenvalue weighted by Gasteiger charge is -2.36. The van der Waals surface area contributed by atoms with Gasteiger partial charge in [0, 0.05) is 18.1 Å². The van der Waals surface area contributed by atoms with E-state index in [1.54, 1.807) is 13.2 Å². The van der Waals surface area contributed by atoms with Crippen LogP contribution in [0.5, 0.6) is 5.75 Å². The molecule has 1 saturated heterocycles. The van der Waals surface area contributed by atoms with Crippen LogP contribution in [0.3, 0.4) is 0 Å². The minimum atomic E-state index is -0.840. The van der Waals surface area contributed by atoms with Crippen LogP contribution >= 0.6 is 0 Å². The molecule has 3 heterocycles. The van der Waals surface area contributed by atoms with Gasteiger partial charge in [0.1, 0.15) is 17.7 Å². The molecule has 0 saturated carbocycles. The average Bonchev–Trinajstić information content (AvgIpc) is 2.64. The highest BCUT2D eigenvalue weighted by atomic mass is 19.1. The fourth-order valence-corrected chi connectivity index (χ4v) is 2.83. The van der Waals surface area contributed by atoms with Crippen molar-refractivity contribution in [3.63, 3.8) is 0 Å². The van der Waals surface area contributed by atoms with Crippen molar-refractivity contribution < 1.29 is 13.5 Å². The molecule has 0 unspecified atom stereocenters. The Morgan fingerprint density at radius 3 is 2.77 bits per heavy atom. The second-order valence-electron chi connectivity index (χ2n) is 6.10. The van der Waals surface area contributed by atoms with Crippen molar-refractivity contribution in [3.8, 4) is 5.75 Å². The van der Waals surface area contributed by atoms with Crippen molar-refractivity contribution in [1.29, 1.82) is 0 Å². The van der Waals surface area contributed by atoms with Crippen LogP contribution in [-0.2, 0) is 6.54 Å². The van der Waals surface area contributed by atoms with Gasteiger partial charge in [-0.2, -0.15) is 9.37 Å². The van der Waals surface area contributed by atoms with Crippen LogP contribution in [0.1, 0.15) is 5.56 Å². The first-order valence-corrected chi connectivity index (χ1v) is 8.21. The van der Waals surface area contributed by atoms with Crippen molar-refractivity contribution in [2.75, 3.05) is 30.4 Å². The highest BCUT2D eigenvalue weighted by Gasteiger charge is 2.29. The molecule has 8 heteroatoms. The summed E-state index contributed by atoms with van der Waals surface area (Å²) < 4.78 is 31.5. The zero-order valence-corrected chi connectivity index (χ0v) is 14.1. The van der Waals surface area contributed by atoms with Crippen molar-refractivity contribution in [3.05, 3.63) is 48.0 Å². The van der Waals surface area contributed by atoms with E-state index < -0.39 is 12.1 Å². The van der Waals surface area contributed by atoms with Crippen LogP contribution in [0.4, 0.5) is 20.5 Å². The van der Waals surface area contributed by atoms with Crippen molar-refractivity contribution in [1.82, 2.24) is 15.0 Å². The average molecular weight is 357 g/mol. The number of benzene rings is 1. The molecule has 134 valence electrons. The SMILES string of the molecule is COc1ccc2nc(NCc3ccc(F)nc3)nc(N3CC(F)C3)c2c1. The molecule has 0 amide bonds. The van der Waals surface area contributed by atoms with E-state index in [0.29, 0.717) is 37.1 Å². The van der Waals surface area contributed by atoms with Gasteiger partial charge in [-0.25, -0.2) is 14.4 Å². The van der Waals surface area contributed by atoms with Gasteiger partial charge in [-0.15, -0.1) is 0 Å². The lowest BCUT2D eigenvalue weighted by atomic mass is 10.1. The number of methoxy groups -OCH3 is 1. The zero-order chi connectivity index (χ0) is 18.1. The molecule has 3 aromatic rings. The number of hydrogen-bond acceptors (Lipinski definition) is 6. The van der Waals surface area contributed by atoms with E-state index in [9.17, 15) is 8.78 Å². The molecule has 0 radical (unpaired) electrons. The molecule has 26 heavy (non-hydrogen) atoms. The molecule has 2 aromatic heterocycles. The number of hydrogen-bond donors (Lipinski definition) is 1.